The molecule has 5 heteroatoms. The van der Waals surface area contributed by atoms with Crippen molar-refractivity contribution in [1.29, 1.82) is 0 Å². The molecular formula is C5H15N3O2. The summed E-state index contributed by atoms with van der Waals surface area (Å²) in [6.45, 7) is 2.88. The molecule has 0 amide bonds. The second kappa shape index (κ2) is 15.8. The Morgan fingerprint density at radius 2 is 1.60 bits per heavy atom. The van der Waals surface area contributed by atoms with E-state index in [0.29, 0.717) is 13.1 Å². The van der Waals surface area contributed by atoms with Crippen molar-refractivity contribution in [3.63, 3.8) is 0 Å². The average Bonchev–Trinajstić information content (AvgIpc) is 1.91. The van der Waals surface area contributed by atoms with Crippen LogP contribution < -0.4 is 16.8 Å². The normalized spacial score (nSPS) is 7.80. The van der Waals surface area contributed by atoms with E-state index >= 15 is 0 Å². The molecule has 0 fully saturated rings. The standard InChI is InChI=1S/C4H13N3.CH2O2/c5-1-3-7-4-2-6;2-1-3/h7H,1-6H2;1H,(H,2,3). The minimum absolute atomic E-state index is 0.250. The van der Waals surface area contributed by atoms with Crippen LogP contribution >= 0.6 is 0 Å². The van der Waals surface area contributed by atoms with Gasteiger partial charge in [0.15, 0.2) is 0 Å². The van der Waals surface area contributed by atoms with Crippen LogP contribution in [0.3, 0.4) is 0 Å². The van der Waals surface area contributed by atoms with E-state index < -0.39 is 0 Å². The molecule has 0 aliphatic heterocycles. The van der Waals surface area contributed by atoms with Gasteiger partial charge in [0.2, 0.25) is 0 Å². The number of nitrogens with two attached hydrogens (primary N) is 2. The lowest BCUT2D eigenvalue weighted by atomic mass is 10.6. The SMILES string of the molecule is NCCNCCN.O=CO. The molecule has 0 aromatic heterocycles. The molecule has 0 rings (SSSR count). The fraction of sp³-hybridized carbons (Fsp3) is 0.800. The molecule has 0 radical (unpaired) electrons. The highest BCUT2D eigenvalue weighted by Crippen LogP contribution is 1.49. The van der Waals surface area contributed by atoms with E-state index in [1.807, 2.05) is 0 Å². The summed E-state index contributed by atoms with van der Waals surface area (Å²) in [4.78, 5) is 8.36. The zero-order chi connectivity index (χ0) is 8.24. The van der Waals surface area contributed by atoms with Gasteiger partial charge in [-0.3, -0.25) is 4.79 Å². The summed E-state index contributed by atoms with van der Waals surface area (Å²) in [7, 11) is 0. The molecule has 0 atom stereocenters. The van der Waals surface area contributed by atoms with Gasteiger partial charge in [-0.25, -0.2) is 0 Å². The first-order valence-corrected chi connectivity index (χ1v) is 3.02. The summed E-state index contributed by atoms with van der Waals surface area (Å²) in [6.07, 6.45) is 0. The number of carbonyl (C=O) groups is 1. The zero-order valence-corrected chi connectivity index (χ0v) is 5.92. The van der Waals surface area contributed by atoms with Crippen LogP contribution in [0.15, 0.2) is 0 Å². The minimum Gasteiger partial charge on any atom is -0.483 e. The Kier molecular flexibility index (Phi) is 19.0. The summed E-state index contributed by atoms with van der Waals surface area (Å²) >= 11 is 0. The Morgan fingerprint density at radius 3 is 1.80 bits per heavy atom. The summed E-state index contributed by atoms with van der Waals surface area (Å²) in [5.74, 6) is 0. The van der Waals surface area contributed by atoms with Crippen molar-refractivity contribution in [3.8, 4) is 0 Å². The topological polar surface area (TPSA) is 101 Å². The Labute approximate surface area is 60.4 Å². The van der Waals surface area contributed by atoms with Gasteiger partial charge in [0.25, 0.3) is 6.47 Å². The van der Waals surface area contributed by atoms with Crippen molar-refractivity contribution in [2.75, 3.05) is 26.2 Å². The van der Waals surface area contributed by atoms with E-state index in [1.165, 1.54) is 0 Å². The van der Waals surface area contributed by atoms with Gasteiger partial charge < -0.3 is 21.9 Å². The van der Waals surface area contributed by atoms with Gasteiger partial charge in [-0.1, -0.05) is 0 Å². The van der Waals surface area contributed by atoms with Crippen molar-refractivity contribution < 1.29 is 9.90 Å². The van der Waals surface area contributed by atoms with E-state index in [9.17, 15) is 0 Å². The quantitative estimate of drug-likeness (QED) is 0.279. The molecule has 0 aliphatic rings. The second-order valence-corrected chi connectivity index (χ2v) is 1.43. The molecular weight excluding hydrogens is 134 g/mol. The molecule has 0 spiro atoms. The number of carboxylic acid groups (broad SMARTS) is 1. The predicted octanol–water partition coefficient (Wildman–Crippen LogP) is -1.81. The Hall–Kier alpha value is -0.650. The summed E-state index contributed by atoms with van der Waals surface area (Å²) in [5.41, 5.74) is 10.3. The molecule has 0 heterocycles. The molecule has 10 heavy (non-hydrogen) atoms. The van der Waals surface area contributed by atoms with Crippen molar-refractivity contribution in [1.82, 2.24) is 5.32 Å². The Morgan fingerprint density at radius 1 is 1.30 bits per heavy atom. The second-order valence-electron chi connectivity index (χ2n) is 1.43. The van der Waals surface area contributed by atoms with Gasteiger partial charge in [0.05, 0.1) is 0 Å². The summed E-state index contributed by atoms with van der Waals surface area (Å²) in [5, 5.41) is 9.92. The van der Waals surface area contributed by atoms with Crippen LogP contribution in [0, 0.1) is 0 Å². The van der Waals surface area contributed by atoms with Gasteiger partial charge in [-0.15, -0.1) is 0 Å². The number of hydrogen-bond donors (Lipinski definition) is 4. The number of rotatable bonds is 4. The van der Waals surface area contributed by atoms with Crippen LogP contribution in [-0.4, -0.2) is 37.8 Å². The van der Waals surface area contributed by atoms with Crippen LogP contribution in [0.25, 0.3) is 0 Å². The van der Waals surface area contributed by atoms with Gasteiger partial charge >= 0.3 is 0 Å². The Balaban J connectivity index is 0. The van der Waals surface area contributed by atoms with Crippen LogP contribution in [0.4, 0.5) is 0 Å². The van der Waals surface area contributed by atoms with Gasteiger partial charge in [0.1, 0.15) is 0 Å². The predicted molar refractivity (Wildman–Crippen MR) is 39.7 cm³/mol. The first kappa shape index (κ1) is 12.1. The number of hydrogen-bond acceptors (Lipinski definition) is 4. The monoisotopic (exact) mass is 149 g/mol. The lowest BCUT2D eigenvalue weighted by Crippen LogP contribution is -2.27. The van der Waals surface area contributed by atoms with Crippen molar-refractivity contribution in [2.24, 2.45) is 11.5 Å². The Bertz CT molecular complexity index is 56.9. The van der Waals surface area contributed by atoms with E-state index in [4.69, 9.17) is 21.4 Å². The molecule has 5 nitrogen and oxygen atoms in total. The third-order valence-corrected chi connectivity index (χ3v) is 0.642. The molecule has 62 valence electrons. The summed E-state index contributed by atoms with van der Waals surface area (Å²) < 4.78 is 0. The molecule has 6 N–H and O–H groups in total. The van der Waals surface area contributed by atoms with Crippen molar-refractivity contribution in [2.45, 2.75) is 0 Å². The number of nitrogens with one attached hydrogen (secondary N) is 1. The highest BCUT2D eigenvalue weighted by Gasteiger charge is 1.76. The molecule has 0 aliphatic carbocycles. The largest absolute Gasteiger partial charge is 0.483 e. The first-order chi connectivity index (χ1) is 4.83. The maximum absolute atomic E-state index is 8.36. The molecule has 0 saturated carbocycles. The highest BCUT2D eigenvalue weighted by atomic mass is 16.3. The fourth-order valence-corrected chi connectivity index (χ4v) is 0.329. The van der Waals surface area contributed by atoms with E-state index in [-0.39, 0.29) is 6.47 Å². The van der Waals surface area contributed by atoms with Crippen molar-refractivity contribution >= 4 is 6.47 Å². The molecule has 0 aromatic carbocycles. The molecule has 0 unspecified atom stereocenters. The van der Waals surface area contributed by atoms with E-state index in [2.05, 4.69) is 5.32 Å². The third-order valence-electron chi connectivity index (χ3n) is 0.642. The van der Waals surface area contributed by atoms with Crippen LogP contribution in [-0.2, 0) is 4.79 Å². The fourth-order valence-electron chi connectivity index (χ4n) is 0.329. The zero-order valence-electron chi connectivity index (χ0n) is 5.92. The average molecular weight is 149 g/mol. The van der Waals surface area contributed by atoms with Crippen molar-refractivity contribution in [3.05, 3.63) is 0 Å². The maximum atomic E-state index is 8.36. The van der Waals surface area contributed by atoms with Gasteiger partial charge in [-0.2, -0.15) is 0 Å². The van der Waals surface area contributed by atoms with Gasteiger partial charge in [-0.05, 0) is 0 Å². The lowest BCUT2D eigenvalue weighted by molar-refractivity contribution is -0.122. The van der Waals surface area contributed by atoms with Crippen LogP contribution in [0.5, 0.6) is 0 Å². The third kappa shape index (κ3) is 26.4. The molecule has 0 aromatic rings. The summed E-state index contributed by atoms with van der Waals surface area (Å²) in [6, 6.07) is 0. The van der Waals surface area contributed by atoms with Gasteiger partial charge in [0, 0.05) is 26.2 Å². The van der Waals surface area contributed by atoms with Crippen LogP contribution in [0.1, 0.15) is 0 Å². The van der Waals surface area contributed by atoms with Crippen LogP contribution in [0.2, 0.25) is 0 Å². The smallest absolute Gasteiger partial charge is 0.290 e. The lowest BCUT2D eigenvalue weighted by Gasteiger charge is -1.95. The first-order valence-electron chi connectivity index (χ1n) is 3.02. The molecule has 0 bridgehead atoms. The van der Waals surface area contributed by atoms with E-state index in [1.54, 1.807) is 0 Å². The molecule has 0 saturated heterocycles. The maximum Gasteiger partial charge on any atom is 0.290 e. The highest BCUT2D eigenvalue weighted by molar-refractivity contribution is 5.32. The van der Waals surface area contributed by atoms with E-state index in [0.717, 1.165) is 13.1 Å². The minimum atomic E-state index is -0.250.